The summed E-state index contributed by atoms with van der Waals surface area (Å²) in [6, 6.07) is 0.203. The Balaban J connectivity index is 0.00000200. The molecule has 3 N–H and O–H groups in total. The second kappa shape index (κ2) is 7.84. The van der Waals surface area contributed by atoms with Gasteiger partial charge in [0.05, 0.1) is 0 Å². The molecule has 1 heterocycles. The fourth-order valence-corrected chi connectivity index (χ4v) is 3.20. The number of piperidine rings is 1. The van der Waals surface area contributed by atoms with E-state index < -0.39 is 5.54 Å². The van der Waals surface area contributed by atoms with Crippen LogP contribution in [0, 0.1) is 0 Å². The van der Waals surface area contributed by atoms with Gasteiger partial charge in [-0.05, 0) is 32.2 Å². The second-order valence-electron chi connectivity index (χ2n) is 5.84. The van der Waals surface area contributed by atoms with Crippen molar-refractivity contribution in [1.82, 2.24) is 16.0 Å². The smallest absolute Gasteiger partial charge is 0.246 e. The Morgan fingerprint density at radius 2 is 1.85 bits per heavy atom. The molecule has 1 aliphatic carbocycles. The SMILES string of the molecule is CC(=O)NC1(C(=O)NC2CCCNC2)CCCCC1.Cl. The molecule has 116 valence electrons. The van der Waals surface area contributed by atoms with Gasteiger partial charge < -0.3 is 16.0 Å². The highest BCUT2D eigenvalue weighted by atomic mass is 35.5. The molecular formula is C14H26ClN3O2. The number of hydrogen-bond acceptors (Lipinski definition) is 3. The lowest BCUT2D eigenvalue weighted by molar-refractivity contribution is -0.135. The highest BCUT2D eigenvalue weighted by molar-refractivity contribution is 5.91. The fraction of sp³-hybridized carbons (Fsp3) is 0.857. The number of rotatable bonds is 3. The third-order valence-electron chi connectivity index (χ3n) is 4.19. The molecule has 0 bridgehead atoms. The van der Waals surface area contributed by atoms with Gasteiger partial charge in [0.1, 0.15) is 5.54 Å². The van der Waals surface area contributed by atoms with E-state index >= 15 is 0 Å². The monoisotopic (exact) mass is 303 g/mol. The van der Waals surface area contributed by atoms with E-state index in [0.29, 0.717) is 0 Å². The van der Waals surface area contributed by atoms with Gasteiger partial charge in [0, 0.05) is 19.5 Å². The standard InChI is InChI=1S/C14H25N3O2.ClH/c1-11(18)17-14(7-3-2-4-8-14)13(19)16-12-6-5-9-15-10-12;/h12,15H,2-10H2,1H3,(H,16,19)(H,17,18);1H. The number of carbonyl (C=O) groups is 2. The maximum absolute atomic E-state index is 12.6. The lowest BCUT2D eigenvalue weighted by Crippen LogP contribution is -2.62. The van der Waals surface area contributed by atoms with Crippen LogP contribution in [-0.4, -0.2) is 36.5 Å². The van der Waals surface area contributed by atoms with Crippen molar-refractivity contribution < 1.29 is 9.59 Å². The van der Waals surface area contributed by atoms with Gasteiger partial charge in [-0.25, -0.2) is 0 Å². The van der Waals surface area contributed by atoms with Gasteiger partial charge in [0.2, 0.25) is 11.8 Å². The number of carbonyl (C=O) groups excluding carboxylic acids is 2. The minimum Gasteiger partial charge on any atom is -0.350 e. The first-order valence-electron chi connectivity index (χ1n) is 7.43. The summed E-state index contributed by atoms with van der Waals surface area (Å²) in [5.74, 6) is -0.102. The van der Waals surface area contributed by atoms with Crippen LogP contribution in [0.1, 0.15) is 51.9 Å². The van der Waals surface area contributed by atoms with Crippen LogP contribution in [-0.2, 0) is 9.59 Å². The summed E-state index contributed by atoms with van der Waals surface area (Å²) in [5.41, 5.74) is -0.665. The Labute approximate surface area is 127 Å². The minimum atomic E-state index is -0.665. The van der Waals surface area contributed by atoms with Crippen molar-refractivity contribution in [3.05, 3.63) is 0 Å². The normalized spacial score (nSPS) is 25.1. The number of nitrogens with one attached hydrogen (secondary N) is 3. The van der Waals surface area contributed by atoms with E-state index in [2.05, 4.69) is 16.0 Å². The van der Waals surface area contributed by atoms with Crippen molar-refractivity contribution in [3.8, 4) is 0 Å². The molecule has 2 fully saturated rings. The molecule has 0 aromatic carbocycles. The Kier molecular flexibility index (Phi) is 6.76. The number of halogens is 1. The van der Waals surface area contributed by atoms with E-state index in [1.807, 2.05) is 0 Å². The van der Waals surface area contributed by atoms with Crippen LogP contribution in [0.5, 0.6) is 0 Å². The molecule has 2 rings (SSSR count). The first-order valence-corrected chi connectivity index (χ1v) is 7.43. The molecule has 6 heteroatoms. The molecule has 2 aliphatic rings. The van der Waals surface area contributed by atoms with Crippen molar-refractivity contribution in [2.45, 2.75) is 63.5 Å². The van der Waals surface area contributed by atoms with Crippen molar-refractivity contribution in [1.29, 1.82) is 0 Å². The van der Waals surface area contributed by atoms with Gasteiger partial charge in [-0.2, -0.15) is 0 Å². The second-order valence-corrected chi connectivity index (χ2v) is 5.84. The molecule has 1 saturated carbocycles. The molecule has 1 saturated heterocycles. The average molecular weight is 304 g/mol. The quantitative estimate of drug-likeness (QED) is 0.731. The Morgan fingerprint density at radius 1 is 1.15 bits per heavy atom. The predicted molar refractivity (Wildman–Crippen MR) is 80.9 cm³/mol. The molecular weight excluding hydrogens is 278 g/mol. The molecule has 2 amide bonds. The first kappa shape index (κ1) is 17.2. The van der Waals surface area contributed by atoms with Gasteiger partial charge in [0.15, 0.2) is 0 Å². The summed E-state index contributed by atoms with van der Waals surface area (Å²) >= 11 is 0. The van der Waals surface area contributed by atoms with E-state index in [0.717, 1.165) is 58.0 Å². The fourth-order valence-electron chi connectivity index (χ4n) is 3.20. The molecule has 5 nitrogen and oxygen atoms in total. The van der Waals surface area contributed by atoms with Crippen LogP contribution >= 0.6 is 12.4 Å². The molecule has 0 aromatic rings. The molecule has 0 aromatic heterocycles. The van der Waals surface area contributed by atoms with Gasteiger partial charge in [-0.3, -0.25) is 9.59 Å². The zero-order valence-electron chi connectivity index (χ0n) is 12.2. The summed E-state index contributed by atoms with van der Waals surface area (Å²) < 4.78 is 0. The lowest BCUT2D eigenvalue weighted by atomic mass is 9.80. The molecule has 20 heavy (non-hydrogen) atoms. The van der Waals surface area contributed by atoms with Crippen LogP contribution in [0.3, 0.4) is 0 Å². The first-order chi connectivity index (χ1) is 9.12. The number of amides is 2. The van der Waals surface area contributed by atoms with Crippen LogP contribution in [0.2, 0.25) is 0 Å². The zero-order chi connectivity index (χ0) is 13.7. The van der Waals surface area contributed by atoms with Gasteiger partial charge in [-0.1, -0.05) is 19.3 Å². The van der Waals surface area contributed by atoms with Gasteiger partial charge in [0.25, 0.3) is 0 Å². The van der Waals surface area contributed by atoms with Crippen LogP contribution in [0.15, 0.2) is 0 Å². The van der Waals surface area contributed by atoms with Crippen LogP contribution in [0.4, 0.5) is 0 Å². The highest BCUT2D eigenvalue weighted by Crippen LogP contribution is 2.28. The largest absolute Gasteiger partial charge is 0.350 e. The summed E-state index contributed by atoms with van der Waals surface area (Å²) in [5, 5.41) is 9.33. The molecule has 0 radical (unpaired) electrons. The molecule has 1 aliphatic heterocycles. The lowest BCUT2D eigenvalue weighted by Gasteiger charge is -2.38. The predicted octanol–water partition coefficient (Wildman–Crippen LogP) is 1.12. The Morgan fingerprint density at radius 3 is 2.40 bits per heavy atom. The van der Waals surface area contributed by atoms with Crippen LogP contribution in [0.25, 0.3) is 0 Å². The van der Waals surface area contributed by atoms with E-state index in [1.54, 1.807) is 0 Å². The third-order valence-corrected chi connectivity index (χ3v) is 4.19. The summed E-state index contributed by atoms with van der Waals surface area (Å²) in [6.07, 6.45) is 6.82. The molecule has 1 atom stereocenters. The summed E-state index contributed by atoms with van der Waals surface area (Å²) in [6.45, 7) is 3.36. The molecule has 1 unspecified atom stereocenters. The maximum Gasteiger partial charge on any atom is 0.246 e. The highest BCUT2D eigenvalue weighted by Gasteiger charge is 2.40. The third kappa shape index (κ3) is 4.35. The van der Waals surface area contributed by atoms with Crippen LogP contribution < -0.4 is 16.0 Å². The van der Waals surface area contributed by atoms with E-state index in [-0.39, 0.29) is 30.3 Å². The summed E-state index contributed by atoms with van der Waals surface area (Å²) in [4.78, 5) is 24.0. The average Bonchev–Trinajstić information content (AvgIpc) is 2.40. The minimum absolute atomic E-state index is 0. The van der Waals surface area contributed by atoms with Crippen molar-refractivity contribution >= 4 is 24.2 Å². The summed E-state index contributed by atoms with van der Waals surface area (Å²) in [7, 11) is 0. The Hall–Kier alpha value is -0.810. The van der Waals surface area contributed by atoms with E-state index in [9.17, 15) is 9.59 Å². The van der Waals surface area contributed by atoms with Crippen molar-refractivity contribution in [2.75, 3.05) is 13.1 Å². The van der Waals surface area contributed by atoms with Gasteiger partial charge in [-0.15, -0.1) is 12.4 Å². The number of hydrogen-bond donors (Lipinski definition) is 3. The zero-order valence-corrected chi connectivity index (χ0v) is 13.0. The Bertz CT molecular complexity index is 337. The molecule has 0 spiro atoms. The topological polar surface area (TPSA) is 70.2 Å². The van der Waals surface area contributed by atoms with Crippen molar-refractivity contribution in [2.24, 2.45) is 0 Å². The van der Waals surface area contributed by atoms with Gasteiger partial charge >= 0.3 is 0 Å². The van der Waals surface area contributed by atoms with E-state index in [1.165, 1.54) is 6.92 Å². The van der Waals surface area contributed by atoms with E-state index in [4.69, 9.17) is 0 Å². The van der Waals surface area contributed by atoms with Crippen molar-refractivity contribution in [3.63, 3.8) is 0 Å². The maximum atomic E-state index is 12.6.